The average molecular weight is 236 g/mol. The second-order valence-corrected chi connectivity index (χ2v) is 4.90. The number of nitrogens with one attached hydrogen (secondary N) is 1. The molecule has 0 spiro atoms. The summed E-state index contributed by atoms with van der Waals surface area (Å²) in [7, 11) is 0. The number of hydrogen-bond acceptors (Lipinski definition) is 4. The van der Waals surface area contributed by atoms with E-state index in [0.29, 0.717) is 0 Å². The fourth-order valence-corrected chi connectivity index (χ4v) is 2.39. The van der Waals surface area contributed by atoms with Gasteiger partial charge in [-0.3, -0.25) is 0 Å². The van der Waals surface area contributed by atoms with E-state index in [4.69, 9.17) is 4.42 Å². The molecule has 1 unspecified atom stereocenters. The Balaban J connectivity index is 2.05. The molecule has 2 aromatic heterocycles. The highest BCUT2D eigenvalue weighted by Gasteiger charge is 2.26. The summed E-state index contributed by atoms with van der Waals surface area (Å²) in [5.41, 5.74) is 1.11. The third-order valence-electron chi connectivity index (χ3n) is 2.87. The minimum atomic E-state index is -0.0502. The molecule has 0 aliphatic heterocycles. The molecular formula is C12H16N2OS. The van der Waals surface area contributed by atoms with E-state index < -0.39 is 0 Å². The van der Waals surface area contributed by atoms with E-state index in [-0.39, 0.29) is 5.54 Å². The Hall–Kier alpha value is -1.13. The quantitative estimate of drug-likeness (QED) is 0.866. The van der Waals surface area contributed by atoms with Gasteiger partial charge < -0.3 is 9.73 Å². The second-order valence-electron chi connectivity index (χ2n) is 4.01. The summed E-state index contributed by atoms with van der Waals surface area (Å²) in [6.07, 6.45) is 6.33. The predicted molar refractivity (Wildman–Crippen MR) is 65.3 cm³/mol. The fraction of sp³-hybridized carbons (Fsp3) is 0.417. The van der Waals surface area contributed by atoms with Crippen molar-refractivity contribution < 1.29 is 4.42 Å². The lowest BCUT2D eigenvalue weighted by molar-refractivity contribution is 0.349. The Kier molecular flexibility index (Phi) is 3.41. The Morgan fingerprint density at radius 1 is 1.56 bits per heavy atom. The first-order valence-electron chi connectivity index (χ1n) is 5.40. The Morgan fingerprint density at radius 3 is 3.00 bits per heavy atom. The number of rotatable bonds is 5. The zero-order chi connectivity index (χ0) is 11.4. The van der Waals surface area contributed by atoms with Crippen LogP contribution in [0.25, 0.3) is 0 Å². The van der Waals surface area contributed by atoms with Gasteiger partial charge in [0, 0.05) is 23.7 Å². The molecule has 0 saturated heterocycles. The molecule has 0 aliphatic carbocycles. The van der Waals surface area contributed by atoms with Crippen molar-refractivity contribution in [2.75, 3.05) is 0 Å². The van der Waals surface area contributed by atoms with Gasteiger partial charge in [-0.05, 0) is 19.4 Å². The van der Waals surface area contributed by atoms with Gasteiger partial charge in [0.25, 0.3) is 0 Å². The highest BCUT2D eigenvalue weighted by molar-refractivity contribution is 7.09. The van der Waals surface area contributed by atoms with Gasteiger partial charge in [0.15, 0.2) is 0 Å². The molecule has 0 aromatic carbocycles. The van der Waals surface area contributed by atoms with Crippen LogP contribution in [0.15, 0.2) is 34.6 Å². The van der Waals surface area contributed by atoms with Gasteiger partial charge in [0.05, 0.1) is 18.1 Å². The molecule has 2 heterocycles. The topological polar surface area (TPSA) is 38.1 Å². The summed E-state index contributed by atoms with van der Waals surface area (Å²) < 4.78 is 5.05. The second kappa shape index (κ2) is 4.80. The molecule has 86 valence electrons. The van der Waals surface area contributed by atoms with E-state index in [9.17, 15) is 0 Å². The zero-order valence-electron chi connectivity index (χ0n) is 9.56. The number of hydrogen-bond donors (Lipinski definition) is 1. The molecule has 2 aromatic rings. The maximum absolute atomic E-state index is 5.05. The van der Waals surface area contributed by atoms with Gasteiger partial charge in [0.1, 0.15) is 5.01 Å². The van der Waals surface area contributed by atoms with Crippen LogP contribution >= 0.6 is 11.3 Å². The number of aromatic nitrogens is 1. The van der Waals surface area contributed by atoms with Crippen LogP contribution in [0.2, 0.25) is 0 Å². The van der Waals surface area contributed by atoms with Crippen molar-refractivity contribution in [1.82, 2.24) is 10.3 Å². The van der Waals surface area contributed by atoms with E-state index in [2.05, 4.69) is 24.1 Å². The largest absolute Gasteiger partial charge is 0.472 e. The fourth-order valence-electron chi connectivity index (χ4n) is 1.54. The summed E-state index contributed by atoms with van der Waals surface area (Å²) in [6, 6.07) is 1.98. The lowest BCUT2D eigenvalue weighted by Crippen LogP contribution is -2.38. The first-order valence-corrected chi connectivity index (χ1v) is 6.28. The summed E-state index contributed by atoms with van der Waals surface area (Å²) >= 11 is 1.69. The summed E-state index contributed by atoms with van der Waals surface area (Å²) in [5, 5.41) is 6.69. The van der Waals surface area contributed by atoms with Crippen LogP contribution in [0.5, 0.6) is 0 Å². The molecule has 1 N–H and O–H groups in total. The molecule has 0 bridgehead atoms. The van der Waals surface area contributed by atoms with Crippen LogP contribution in [0.4, 0.5) is 0 Å². The van der Waals surface area contributed by atoms with E-state index in [1.807, 2.05) is 17.6 Å². The normalized spacial score (nSPS) is 14.9. The molecule has 0 fully saturated rings. The minimum Gasteiger partial charge on any atom is -0.472 e. The van der Waals surface area contributed by atoms with Crippen molar-refractivity contribution in [3.05, 3.63) is 40.7 Å². The Bertz CT molecular complexity index is 410. The number of thiazole rings is 1. The smallest absolute Gasteiger partial charge is 0.112 e. The summed E-state index contributed by atoms with van der Waals surface area (Å²) in [4.78, 5) is 4.39. The Labute approximate surface area is 99.5 Å². The standard InChI is InChI=1S/C12H16N2OS/c1-3-12(2,11-13-5-7-16-11)14-8-10-4-6-15-9-10/h4-7,9,14H,3,8H2,1-2H3. The van der Waals surface area contributed by atoms with Crippen LogP contribution in [0.3, 0.4) is 0 Å². The molecule has 2 rings (SSSR count). The van der Waals surface area contributed by atoms with Gasteiger partial charge in [-0.25, -0.2) is 4.98 Å². The van der Waals surface area contributed by atoms with Gasteiger partial charge in [-0.2, -0.15) is 0 Å². The highest BCUT2D eigenvalue weighted by Crippen LogP contribution is 2.26. The molecule has 1 atom stereocenters. The summed E-state index contributed by atoms with van der Waals surface area (Å²) in [5.74, 6) is 0. The van der Waals surface area contributed by atoms with Gasteiger partial charge >= 0.3 is 0 Å². The van der Waals surface area contributed by atoms with E-state index in [1.165, 1.54) is 0 Å². The molecule has 0 saturated carbocycles. The van der Waals surface area contributed by atoms with Gasteiger partial charge in [0.2, 0.25) is 0 Å². The monoisotopic (exact) mass is 236 g/mol. The van der Waals surface area contributed by atoms with Crippen molar-refractivity contribution in [3.8, 4) is 0 Å². The van der Waals surface area contributed by atoms with Gasteiger partial charge in [-0.1, -0.05) is 6.92 Å². The molecule has 0 radical (unpaired) electrons. The molecule has 0 amide bonds. The summed E-state index contributed by atoms with van der Waals surface area (Å²) in [6.45, 7) is 5.16. The first kappa shape index (κ1) is 11.4. The van der Waals surface area contributed by atoms with Crippen LogP contribution in [0.1, 0.15) is 30.8 Å². The average Bonchev–Trinajstić information content (AvgIpc) is 2.98. The van der Waals surface area contributed by atoms with Crippen molar-refractivity contribution in [2.45, 2.75) is 32.4 Å². The molecule has 3 nitrogen and oxygen atoms in total. The van der Waals surface area contributed by atoms with Crippen molar-refractivity contribution >= 4 is 11.3 Å². The van der Waals surface area contributed by atoms with Crippen molar-refractivity contribution in [3.63, 3.8) is 0 Å². The van der Waals surface area contributed by atoms with E-state index in [1.54, 1.807) is 23.9 Å². The van der Waals surface area contributed by atoms with E-state index in [0.717, 1.165) is 23.5 Å². The number of nitrogens with zero attached hydrogens (tertiary/aromatic N) is 1. The zero-order valence-corrected chi connectivity index (χ0v) is 10.4. The maximum Gasteiger partial charge on any atom is 0.112 e. The molecular weight excluding hydrogens is 220 g/mol. The lowest BCUT2D eigenvalue weighted by Gasteiger charge is -2.27. The Morgan fingerprint density at radius 2 is 2.44 bits per heavy atom. The predicted octanol–water partition coefficient (Wildman–Crippen LogP) is 3.15. The molecule has 4 heteroatoms. The minimum absolute atomic E-state index is 0.0502. The van der Waals surface area contributed by atoms with Crippen LogP contribution in [0, 0.1) is 0 Å². The van der Waals surface area contributed by atoms with Crippen LogP contribution < -0.4 is 5.32 Å². The van der Waals surface area contributed by atoms with Crippen molar-refractivity contribution in [1.29, 1.82) is 0 Å². The lowest BCUT2D eigenvalue weighted by atomic mass is 9.99. The SMILES string of the molecule is CCC(C)(NCc1ccoc1)c1nccs1. The molecule has 16 heavy (non-hydrogen) atoms. The van der Waals surface area contributed by atoms with Crippen LogP contribution in [-0.2, 0) is 12.1 Å². The van der Waals surface area contributed by atoms with E-state index >= 15 is 0 Å². The van der Waals surface area contributed by atoms with Crippen molar-refractivity contribution in [2.24, 2.45) is 0 Å². The first-order chi connectivity index (χ1) is 7.74. The van der Waals surface area contributed by atoms with Crippen LogP contribution in [-0.4, -0.2) is 4.98 Å². The van der Waals surface area contributed by atoms with Gasteiger partial charge in [-0.15, -0.1) is 11.3 Å². The molecule has 0 aliphatic rings. The number of furan rings is 1. The third-order valence-corrected chi connectivity index (χ3v) is 3.91. The highest BCUT2D eigenvalue weighted by atomic mass is 32.1. The third kappa shape index (κ3) is 2.33. The maximum atomic E-state index is 5.05.